The molecule has 2 N–H and O–H groups in total. The van der Waals surface area contributed by atoms with Crippen LogP contribution in [0.15, 0.2) is 30.5 Å². The van der Waals surface area contributed by atoms with Gasteiger partial charge in [0.25, 0.3) is 0 Å². The number of rotatable bonds is 2. The zero-order valence-corrected chi connectivity index (χ0v) is 7.28. The van der Waals surface area contributed by atoms with Gasteiger partial charge in [0.15, 0.2) is 5.82 Å². The number of nitrogens with one attached hydrogen (secondary N) is 2. The van der Waals surface area contributed by atoms with E-state index >= 15 is 0 Å². The van der Waals surface area contributed by atoms with Crippen LogP contribution in [0.3, 0.4) is 0 Å². The Morgan fingerprint density at radius 1 is 1.15 bits per heavy atom. The Bertz CT molecular complexity index is 413. The Labute approximate surface area is 76.0 Å². The number of fused-ring (bicyclic) bond motifs is 1. The quantitative estimate of drug-likeness (QED) is 0.671. The molecule has 0 bridgehead atoms. The van der Waals surface area contributed by atoms with Crippen molar-refractivity contribution in [2.45, 2.75) is 0 Å². The second-order valence-electron chi connectivity index (χ2n) is 2.62. The van der Waals surface area contributed by atoms with E-state index in [1.54, 1.807) is 13.2 Å². The number of hydrogen-bond donors (Lipinski definition) is 2. The Morgan fingerprint density at radius 3 is 2.69 bits per heavy atom. The third-order valence-corrected chi connectivity index (χ3v) is 1.70. The number of benzene rings is 1. The fourth-order valence-corrected chi connectivity index (χ4v) is 1.15. The van der Waals surface area contributed by atoms with Crippen molar-refractivity contribution in [3.63, 3.8) is 0 Å². The highest BCUT2D eigenvalue weighted by Crippen LogP contribution is 2.10. The number of anilines is 1. The second-order valence-corrected chi connectivity index (χ2v) is 2.62. The number of aromatic nitrogens is 2. The Hall–Kier alpha value is -1.68. The molecule has 0 amide bonds. The molecule has 0 spiro atoms. The average Bonchev–Trinajstić information content (AvgIpc) is 2.18. The molecule has 0 aliphatic heterocycles. The summed E-state index contributed by atoms with van der Waals surface area (Å²) in [5.41, 5.74) is 7.47. The maximum Gasteiger partial charge on any atom is 0.159 e. The van der Waals surface area contributed by atoms with Crippen LogP contribution in [0.4, 0.5) is 5.82 Å². The molecule has 0 saturated carbocycles. The van der Waals surface area contributed by atoms with Crippen LogP contribution < -0.4 is 10.9 Å². The van der Waals surface area contributed by atoms with Gasteiger partial charge in [-0.05, 0) is 12.1 Å². The lowest BCUT2D eigenvalue weighted by molar-refractivity contribution is 0.964. The van der Waals surface area contributed by atoms with Crippen LogP contribution in [0.25, 0.3) is 11.0 Å². The van der Waals surface area contributed by atoms with Crippen molar-refractivity contribution in [2.75, 3.05) is 12.5 Å². The van der Waals surface area contributed by atoms with Crippen LogP contribution in [0.2, 0.25) is 0 Å². The summed E-state index contributed by atoms with van der Waals surface area (Å²) in [6.45, 7) is 0. The van der Waals surface area contributed by atoms with Gasteiger partial charge in [-0.15, -0.1) is 0 Å². The Kier molecular flexibility index (Phi) is 2.06. The molecule has 0 unspecified atom stereocenters. The molecule has 0 aliphatic carbocycles. The zero-order valence-electron chi connectivity index (χ0n) is 7.28. The SMILES string of the molecule is CNNc1cnc2ccccc2n1. The van der Waals surface area contributed by atoms with E-state index < -0.39 is 0 Å². The summed E-state index contributed by atoms with van der Waals surface area (Å²) in [5.74, 6) is 0.723. The lowest BCUT2D eigenvalue weighted by Gasteiger charge is -2.02. The fraction of sp³-hybridized carbons (Fsp3) is 0.111. The first-order valence-corrected chi connectivity index (χ1v) is 4.05. The van der Waals surface area contributed by atoms with Crippen molar-refractivity contribution >= 4 is 16.9 Å². The highest BCUT2D eigenvalue weighted by atomic mass is 15.4. The minimum atomic E-state index is 0.723. The van der Waals surface area contributed by atoms with Crippen LogP contribution in [0.5, 0.6) is 0 Å². The summed E-state index contributed by atoms with van der Waals surface area (Å²) in [6, 6.07) is 7.76. The monoisotopic (exact) mass is 174 g/mol. The molecule has 1 aromatic carbocycles. The second kappa shape index (κ2) is 3.37. The van der Waals surface area contributed by atoms with Crippen molar-refractivity contribution in [3.8, 4) is 0 Å². The van der Waals surface area contributed by atoms with Gasteiger partial charge < -0.3 is 5.43 Å². The zero-order chi connectivity index (χ0) is 9.10. The molecule has 0 aliphatic rings. The first kappa shape index (κ1) is 7.94. The van der Waals surface area contributed by atoms with Crippen LogP contribution in [-0.4, -0.2) is 17.0 Å². The van der Waals surface area contributed by atoms with Crippen LogP contribution in [0, 0.1) is 0 Å². The molecule has 13 heavy (non-hydrogen) atoms. The minimum absolute atomic E-state index is 0.723. The van der Waals surface area contributed by atoms with Gasteiger partial charge in [0, 0.05) is 7.05 Å². The van der Waals surface area contributed by atoms with E-state index in [-0.39, 0.29) is 0 Å². The number of para-hydroxylation sites is 2. The standard InChI is InChI=1S/C9H10N4/c1-10-13-9-6-11-7-4-2-3-5-8(7)12-9/h2-6,10H,1H3,(H,12,13). The van der Waals surface area contributed by atoms with E-state index in [1.807, 2.05) is 24.3 Å². The number of nitrogens with zero attached hydrogens (tertiary/aromatic N) is 2. The summed E-state index contributed by atoms with van der Waals surface area (Å²) in [6.07, 6.45) is 1.69. The van der Waals surface area contributed by atoms with Gasteiger partial charge in [-0.3, -0.25) is 4.98 Å². The summed E-state index contributed by atoms with van der Waals surface area (Å²) in [5, 5.41) is 0. The molecule has 2 rings (SSSR count). The maximum absolute atomic E-state index is 4.33. The number of hydrazine groups is 1. The molecule has 1 heterocycles. The number of hydrogen-bond acceptors (Lipinski definition) is 4. The van der Waals surface area contributed by atoms with Crippen LogP contribution in [-0.2, 0) is 0 Å². The van der Waals surface area contributed by atoms with Gasteiger partial charge in [-0.25, -0.2) is 10.4 Å². The lowest BCUT2D eigenvalue weighted by Crippen LogP contribution is -2.16. The Balaban J connectivity index is 2.49. The van der Waals surface area contributed by atoms with Gasteiger partial charge in [0.1, 0.15) is 0 Å². The van der Waals surface area contributed by atoms with E-state index in [4.69, 9.17) is 0 Å². The smallest absolute Gasteiger partial charge is 0.159 e. The molecule has 0 fully saturated rings. The first-order valence-electron chi connectivity index (χ1n) is 4.05. The normalized spacial score (nSPS) is 10.2. The average molecular weight is 174 g/mol. The van der Waals surface area contributed by atoms with Crippen LogP contribution >= 0.6 is 0 Å². The van der Waals surface area contributed by atoms with Crippen LogP contribution in [0.1, 0.15) is 0 Å². The molecular formula is C9H10N4. The first-order chi connectivity index (χ1) is 6.40. The van der Waals surface area contributed by atoms with Gasteiger partial charge >= 0.3 is 0 Å². The summed E-state index contributed by atoms with van der Waals surface area (Å²) in [7, 11) is 1.79. The van der Waals surface area contributed by atoms with Crippen molar-refractivity contribution in [1.29, 1.82) is 0 Å². The molecule has 1 aromatic heterocycles. The predicted octanol–water partition coefficient (Wildman–Crippen LogP) is 1.18. The maximum atomic E-state index is 4.33. The summed E-state index contributed by atoms with van der Waals surface area (Å²) in [4.78, 5) is 8.56. The largest absolute Gasteiger partial charge is 0.305 e. The highest BCUT2D eigenvalue weighted by Gasteiger charge is 1.96. The van der Waals surface area contributed by atoms with E-state index in [1.165, 1.54) is 0 Å². The molecule has 0 saturated heterocycles. The van der Waals surface area contributed by atoms with E-state index in [9.17, 15) is 0 Å². The van der Waals surface area contributed by atoms with Crippen molar-refractivity contribution in [3.05, 3.63) is 30.5 Å². The van der Waals surface area contributed by atoms with Gasteiger partial charge in [-0.1, -0.05) is 12.1 Å². The van der Waals surface area contributed by atoms with Crippen molar-refractivity contribution in [2.24, 2.45) is 0 Å². The molecule has 4 heteroatoms. The minimum Gasteiger partial charge on any atom is -0.305 e. The summed E-state index contributed by atoms with van der Waals surface area (Å²) < 4.78 is 0. The lowest BCUT2D eigenvalue weighted by atomic mass is 10.3. The van der Waals surface area contributed by atoms with E-state index in [0.29, 0.717) is 0 Å². The van der Waals surface area contributed by atoms with Crippen molar-refractivity contribution in [1.82, 2.24) is 15.4 Å². The summed E-state index contributed by atoms with van der Waals surface area (Å²) >= 11 is 0. The molecule has 4 nitrogen and oxygen atoms in total. The van der Waals surface area contributed by atoms with E-state index in [2.05, 4.69) is 20.8 Å². The van der Waals surface area contributed by atoms with Gasteiger partial charge in [-0.2, -0.15) is 0 Å². The Morgan fingerprint density at radius 2 is 1.92 bits per heavy atom. The molecular weight excluding hydrogens is 164 g/mol. The fourth-order valence-electron chi connectivity index (χ4n) is 1.15. The highest BCUT2D eigenvalue weighted by molar-refractivity contribution is 5.75. The van der Waals surface area contributed by atoms with E-state index in [0.717, 1.165) is 16.9 Å². The van der Waals surface area contributed by atoms with Gasteiger partial charge in [0.2, 0.25) is 0 Å². The topological polar surface area (TPSA) is 49.8 Å². The molecule has 2 aromatic rings. The molecule has 0 atom stereocenters. The van der Waals surface area contributed by atoms with Gasteiger partial charge in [0.05, 0.1) is 17.2 Å². The molecule has 0 radical (unpaired) electrons. The molecule has 66 valence electrons. The third-order valence-electron chi connectivity index (χ3n) is 1.70. The predicted molar refractivity (Wildman–Crippen MR) is 52.2 cm³/mol. The third kappa shape index (κ3) is 1.57. The van der Waals surface area contributed by atoms with Crippen molar-refractivity contribution < 1.29 is 0 Å².